The Balaban J connectivity index is 3.36. The zero-order chi connectivity index (χ0) is 10.9. The molecule has 0 radical (unpaired) electrons. The van der Waals surface area contributed by atoms with Crippen molar-refractivity contribution in [1.82, 2.24) is 0 Å². The highest BCUT2D eigenvalue weighted by atomic mass is 35.9. The molecule has 0 amide bonds. The lowest BCUT2D eigenvalue weighted by molar-refractivity contribution is -0.136. The van der Waals surface area contributed by atoms with E-state index in [4.69, 9.17) is 22.5 Å². The van der Waals surface area contributed by atoms with E-state index in [0.717, 1.165) is 6.07 Å². The lowest BCUT2D eigenvalue weighted by atomic mass is 10.1. The van der Waals surface area contributed by atoms with Gasteiger partial charge in [0.25, 0.3) is 0 Å². The van der Waals surface area contributed by atoms with Crippen molar-refractivity contribution < 1.29 is 13.2 Å². The van der Waals surface area contributed by atoms with Crippen molar-refractivity contribution in [2.75, 3.05) is 0 Å². The fraction of sp³-hybridized carbons (Fsp3) is 0.250. The zero-order valence-corrected chi connectivity index (χ0v) is 9.48. The van der Waals surface area contributed by atoms with Crippen LogP contribution >= 0.6 is 29.1 Å². The predicted molar refractivity (Wildman–Crippen MR) is 54.4 cm³/mol. The normalized spacial score (nSPS) is 12.2. The second kappa shape index (κ2) is 4.26. The van der Waals surface area contributed by atoms with Gasteiger partial charge in [-0.25, -0.2) is 0 Å². The molecule has 1 rings (SSSR count). The van der Waals surface area contributed by atoms with Crippen LogP contribution in [0.25, 0.3) is 0 Å². The van der Waals surface area contributed by atoms with E-state index in [-0.39, 0.29) is 5.30 Å². The van der Waals surface area contributed by atoms with E-state index in [0.29, 0.717) is 5.56 Å². The van der Waals surface area contributed by atoms with Gasteiger partial charge in [-0.1, -0.05) is 34.6 Å². The molecule has 1 aromatic carbocycles. The molecule has 0 heterocycles. The quantitative estimate of drug-likeness (QED) is 0.656. The largest absolute Gasteiger partial charge is 0.417 e. The van der Waals surface area contributed by atoms with Crippen LogP contribution in [0.4, 0.5) is 13.2 Å². The summed E-state index contributed by atoms with van der Waals surface area (Å²) in [5.41, 5.74) is -0.274. The first kappa shape index (κ1) is 12.1. The average Bonchev–Trinajstić information content (AvgIpc) is 2.01. The molecule has 0 nitrogen and oxygen atoms in total. The Kier molecular flexibility index (Phi) is 3.68. The van der Waals surface area contributed by atoms with Crippen LogP contribution in [-0.2, 0) is 6.18 Å². The summed E-state index contributed by atoms with van der Waals surface area (Å²) in [5, 5.41) is -0.00154. The SMILES string of the molecule is Cc1cccc(C(F)(F)F)c1P(Cl)Cl. The van der Waals surface area contributed by atoms with Crippen molar-refractivity contribution in [3.63, 3.8) is 0 Å². The molecule has 0 saturated carbocycles. The second-order valence-corrected chi connectivity index (χ2v) is 6.16. The highest BCUT2D eigenvalue weighted by Crippen LogP contribution is 2.49. The van der Waals surface area contributed by atoms with Crippen LogP contribution in [0.1, 0.15) is 11.1 Å². The van der Waals surface area contributed by atoms with E-state index >= 15 is 0 Å². The first-order valence-electron chi connectivity index (χ1n) is 3.62. The molecule has 1 aromatic rings. The van der Waals surface area contributed by atoms with E-state index in [9.17, 15) is 13.2 Å². The van der Waals surface area contributed by atoms with Crippen molar-refractivity contribution in [2.45, 2.75) is 13.1 Å². The first-order chi connectivity index (χ1) is 6.34. The number of halogens is 5. The molecule has 0 aliphatic rings. The monoisotopic (exact) mass is 260 g/mol. The molecule has 0 atom stereocenters. The van der Waals surface area contributed by atoms with Gasteiger partial charge in [-0.2, -0.15) is 13.2 Å². The summed E-state index contributed by atoms with van der Waals surface area (Å²) >= 11 is 11.1. The van der Waals surface area contributed by atoms with Crippen molar-refractivity contribution in [3.8, 4) is 0 Å². The fourth-order valence-corrected chi connectivity index (χ4v) is 3.18. The molecule has 0 aromatic heterocycles. The Bertz CT molecular complexity index is 336. The Morgan fingerprint density at radius 3 is 2.14 bits per heavy atom. The molecular formula is C8H6Cl2F3P. The third-order valence-corrected chi connectivity index (χ3v) is 3.66. The van der Waals surface area contributed by atoms with Crippen molar-refractivity contribution in [2.24, 2.45) is 0 Å². The van der Waals surface area contributed by atoms with Gasteiger partial charge in [-0.3, -0.25) is 0 Å². The van der Waals surface area contributed by atoms with Gasteiger partial charge in [0.2, 0.25) is 0 Å². The molecule has 0 spiro atoms. The van der Waals surface area contributed by atoms with Crippen LogP contribution < -0.4 is 5.30 Å². The van der Waals surface area contributed by atoms with Gasteiger partial charge in [0.15, 0.2) is 0 Å². The standard InChI is InChI=1S/C8H6Cl2F3P/c1-5-3-2-4-6(8(11,12)13)7(5)14(9)10/h2-4H,1H3. The smallest absolute Gasteiger partial charge is 0.166 e. The molecule has 14 heavy (non-hydrogen) atoms. The van der Waals surface area contributed by atoms with Gasteiger partial charge in [0, 0.05) is 5.30 Å². The van der Waals surface area contributed by atoms with Gasteiger partial charge in [-0.15, -0.1) is 0 Å². The fourth-order valence-electron chi connectivity index (χ4n) is 1.11. The molecule has 0 N–H and O–H groups in total. The molecule has 0 unspecified atom stereocenters. The summed E-state index contributed by atoms with van der Waals surface area (Å²) < 4.78 is 37.4. The predicted octanol–water partition coefficient (Wildman–Crippen LogP) is 4.43. The van der Waals surface area contributed by atoms with Crippen LogP contribution in [0.2, 0.25) is 0 Å². The first-order valence-corrected chi connectivity index (χ1v) is 6.77. The molecule has 78 valence electrons. The summed E-state index contributed by atoms with van der Waals surface area (Å²) in [6.45, 7) is -0.217. The lowest BCUT2D eigenvalue weighted by Gasteiger charge is -2.14. The van der Waals surface area contributed by atoms with Gasteiger partial charge in [0.05, 0.1) is 5.56 Å². The number of aryl methyl sites for hydroxylation is 1. The summed E-state index contributed by atoms with van der Waals surface area (Å²) in [6, 6.07) is 3.89. The van der Waals surface area contributed by atoms with Crippen LogP contribution in [0.5, 0.6) is 0 Å². The Morgan fingerprint density at radius 1 is 1.21 bits per heavy atom. The third kappa shape index (κ3) is 2.53. The Morgan fingerprint density at radius 2 is 1.79 bits per heavy atom. The van der Waals surface area contributed by atoms with Crippen LogP contribution in [0.15, 0.2) is 18.2 Å². The van der Waals surface area contributed by atoms with Crippen LogP contribution in [0, 0.1) is 6.92 Å². The molecule has 0 saturated heterocycles. The van der Waals surface area contributed by atoms with E-state index in [1.54, 1.807) is 13.0 Å². The molecule has 0 fully saturated rings. The summed E-state index contributed by atoms with van der Waals surface area (Å²) in [6.07, 6.45) is -4.40. The average molecular weight is 261 g/mol. The molecule has 0 aliphatic carbocycles. The van der Waals surface area contributed by atoms with Gasteiger partial charge < -0.3 is 0 Å². The molecule has 6 heteroatoms. The topological polar surface area (TPSA) is 0 Å². The summed E-state index contributed by atoms with van der Waals surface area (Å²) in [7, 11) is 0. The molecule has 0 bridgehead atoms. The minimum absolute atomic E-state index is 0.00154. The maximum Gasteiger partial charge on any atom is 0.417 e. The van der Waals surface area contributed by atoms with Crippen molar-refractivity contribution in [1.29, 1.82) is 0 Å². The van der Waals surface area contributed by atoms with Gasteiger partial charge in [0.1, 0.15) is 6.63 Å². The highest BCUT2D eigenvalue weighted by Gasteiger charge is 2.35. The van der Waals surface area contributed by atoms with Crippen LogP contribution in [-0.4, -0.2) is 0 Å². The summed E-state index contributed by atoms with van der Waals surface area (Å²) in [4.78, 5) is 0. The highest BCUT2D eigenvalue weighted by molar-refractivity contribution is 8.09. The minimum atomic E-state index is -4.40. The second-order valence-electron chi connectivity index (χ2n) is 2.70. The number of hydrogen-bond acceptors (Lipinski definition) is 0. The van der Waals surface area contributed by atoms with E-state index in [1.807, 2.05) is 0 Å². The van der Waals surface area contributed by atoms with Gasteiger partial charge >= 0.3 is 6.18 Å². The maximum atomic E-state index is 12.5. The van der Waals surface area contributed by atoms with E-state index < -0.39 is 18.4 Å². The third-order valence-electron chi connectivity index (χ3n) is 1.71. The maximum absolute atomic E-state index is 12.5. The number of rotatable bonds is 1. The van der Waals surface area contributed by atoms with Gasteiger partial charge in [-0.05, 0) is 18.6 Å². The van der Waals surface area contributed by atoms with E-state index in [2.05, 4.69) is 0 Å². The number of benzene rings is 1. The Hall–Kier alpha value is 0.0200. The number of alkyl halides is 3. The van der Waals surface area contributed by atoms with E-state index in [1.165, 1.54) is 6.07 Å². The lowest BCUT2D eigenvalue weighted by Crippen LogP contribution is -2.18. The number of hydrogen-bond donors (Lipinski definition) is 0. The van der Waals surface area contributed by atoms with Crippen LogP contribution in [0.3, 0.4) is 0 Å². The molecule has 0 aliphatic heterocycles. The minimum Gasteiger partial charge on any atom is -0.166 e. The summed E-state index contributed by atoms with van der Waals surface area (Å²) in [5.74, 6) is 0. The zero-order valence-electron chi connectivity index (χ0n) is 7.07. The molecular weight excluding hydrogens is 255 g/mol. The van der Waals surface area contributed by atoms with Crippen molar-refractivity contribution in [3.05, 3.63) is 29.3 Å². The van der Waals surface area contributed by atoms with Crippen molar-refractivity contribution >= 4 is 34.4 Å². The Labute approximate surface area is 90.3 Å².